The van der Waals surface area contributed by atoms with Crippen LogP contribution in [-0.4, -0.2) is 32.3 Å². The molecule has 0 saturated carbocycles. The highest BCUT2D eigenvalue weighted by Crippen LogP contribution is 2.26. The van der Waals surface area contributed by atoms with E-state index < -0.39 is 0 Å². The molecule has 0 atom stereocenters. The molecule has 3 N–H and O–H groups in total. The molecule has 28 heavy (non-hydrogen) atoms. The highest BCUT2D eigenvalue weighted by atomic mass is 16.5. The molecule has 0 spiro atoms. The number of hydrogen-bond donors (Lipinski definition) is 2. The molecule has 2 heterocycles. The lowest BCUT2D eigenvalue weighted by Crippen LogP contribution is -2.10. The van der Waals surface area contributed by atoms with Crippen LogP contribution in [0.2, 0.25) is 0 Å². The van der Waals surface area contributed by atoms with Crippen LogP contribution in [0.4, 0.5) is 17.2 Å². The van der Waals surface area contributed by atoms with Gasteiger partial charge in [-0.25, -0.2) is 19.4 Å². The third-order valence-electron chi connectivity index (χ3n) is 4.00. The quantitative estimate of drug-likeness (QED) is 0.631. The number of esters is 1. The summed E-state index contributed by atoms with van der Waals surface area (Å²) < 4.78 is 6.92. The summed E-state index contributed by atoms with van der Waals surface area (Å²) >= 11 is 0. The molecular formula is C20H24N6O2. The Morgan fingerprint density at radius 1 is 1.21 bits per heavy atom. The van der Waals surface area contributed by atoms with Crippen molar-refractivity contribution in [3.8, 4) is 5.82 Å². The number of nitrogen functional groups attached to an aromatic ring is 1. The van der Waals surface area contributed by atoms with Gasteiger partial charge >= 0.3 is 5.97 Å². The Bertz CT molecular complexity index is 979. The predicted molar refractivity (Wildman–Crippen MR) is 108 cm³/mol. The second-order valence-electron chi connectivity index (χ2n) is 6.99. The number of carbonyl (C=O) groups is 1. The molecule has 0 bridgehead atoms. The Morgan fingerprint density at radius 3 is 2.54 bits per heavy atom. The van der Waals surface area contributed by atoms with Gasteiger partial charge in [0.15, 0.2) is 11.6 Å². The maximum atomic E-state index is 12.0. The summed E-state index contributed by atoms with van der Waals surface area (Å²) in [6.45, 7) is 8.23. The number of ether oxygens (including phenoxy) is 1. The lowest BCUT2D eigenvalue weighted by Gasteiger charge is -2.12. The van der Waals surface area contributed by atoms with Crippen molar-refractivity contribution in [3.63, 3.8) is 0 Å². The molecule has 0 aliphatic rings. The van der Waals surface area contributed by atoms with Crippen LogP contribution in [0.1, 0.15) is 35.6 Å². The topological polar surface area (TPSA) is 108 Å². The second kappa shape index (κ2) is 8.08. The summed E-state index contributed by atoms with van der Waals surface area (Å²) in [7, 11) is 0. The minimum atomic E-state index is -0.339. The number of nitrogens with one attached hydrogen (secondary N) is 1. The van der Waals surface area contributed by atoms with Gasteiger partial charge in [-0.2, -0.15) is 5.10 Å². The summed E-state index contributed by atoms with van der Waals surface area (Å²) in [4.78, 5) is 20.5. The molecule has 3 rings (SSSR count). The first-order valence-electron chi connectivity index (χ1n) is 9.03. The molecule has 0 amide bonds. The number of benzene rings is 1. The van der Waals surface area contributed by atoms with Crippen LogP contribution in [0.15, 0.2) is 36.7 Å². The van der Waals surface area contributed by atoms with Crippen LogP contribution in [0.25, 0.3) is 5.82 Å². The fraction of sp³-hybridized carbons (Fsp3) is 0.300. The molecule has 2 aromatic heterocycles. The SMILES string of the molecule is Cc1cc(C)n(-c2ncnc(Nc3ccc(C(=O)OCC(C)C)cc3)c2N)n1. The van der Waals surface area contributed by atoms with E-state index in [4.69, 9.17) is 10.5 Å². The van der Waals surface area contributed by atoms with Crippen molar-refractivity contribution >= 4 is 23.2 Å². The largest absolute Gasteiger partial charge is 0.462 e. The van der Waals surface area contributed by atoms with Crippen molar-refractivity contribution in [2.75, 3.05) is 17.7 Å². The van der Waals surface area contributed by atoms with E-state index in [1.807, 2.05) is 33.8 Å². The van der Waals surface area contributed by atoms with Crippen molar-refractivity contribution < 1.29 is 9.53 Å². The molecule has 0 aliphatic carbocycles. The molecule has 3 aromatic rings. The average molecular weight is 380 g/mol. The van der Waals surface area contributed by atoms with E-state index in [0.717, 1.165) is 17.1 Å². The normalized spacial score (nSPS) is 10.9. The summed E-state index contributed by atoms with van der Waals surface area (Å²) in [5, 5.41) is 7.57. The number of hydrogen-bond acceptors (Lipinski definition) is 7. The average Bonchev–Trinajstić information content (AvgIpc) is 3.00. The third-order valence-corrected chi connectivity index (χ3v) is 4.00. The minimum Gasteiger partial charge on any atom is -0.462 e. The van der Waals surface area contributed by atoms with Gasteiger partial charge in [-0.1, -0.05) is 13.8 Å². The molecule has 0 unspecified atom stereocenters. The van der Waals surface area contributed by atoms with Crippen LogP contribution in [0.3, 0.4) is 0 Å². The van der Waals surface area contributed by atoms with Crippen molar-refractivity contribution in [3.05, 3.63) is 53.6 Å². The number of carbonyl (C=O) groups excluding carboxylic acids is 1. The zero-order chi connectivity index (χ0) is 20.3. The maximum Gasteiger partial charge on any atom is 0.338 e. The Labute approximate surface area is 163 Å². The zero-order valence-corrected chi connectivity index (χ0v) is 16.4. The highest BCUT2D eigenvalue weighted by molar-refractivity contribution is 5.90. The van der Waals surface area contributed by atoms with Crippen molar-refractivity contribution in [2.24, 2.45) is 5.92 Å². The molecule has 0 radical (unpaired) electrons. The second-order valence-corrected chi connectivity index (χ2v) is 6.99. The number of nitrogens with zero attached hydrogens (tertiary/aromatic N) is 4. The van der Waals surface area contributed by atoms with Gasteiger partial charge in [0.25, 0.3) is 0 Å². The third kappa shape index (κ3) is 4.28. The summed E-state index contributed by atoms with van der Waals surface area (Å²) in [6.07, 6.45) is 1.43. The molecule has 0 aliphatic heterocycles. The Hall–Kier alpha value is -3.42. The van der Waals surface area contributed by atoms with Crippen molar-refractivity contribution in [1.29, 1.82) is 0 Å². The van der Waals surface area contributed by atoms with Gasteiger partial charge in [0.1, 0.15) is 12.0 Å². The molecule has 1 aromatic carbocycles. The van der Waals surface area contributed by atoms with Crippen LogP contribution in [0, 0.1) is 19.8 Å². The molecule has 8 heteroatoms. The predicted octanol–water partition coefficient (Wildman–Crippen LogP) is 3.42. The van der Waals surface area contributed by atoms with Gasteiger partial charge in [-0.3, -0.25) is 0 Å². The van der Waals surface area contributed by atoms with Gasteiger partial charge in [0.05, 0.1) is 17.9 Å². The van der Waals surface area contributed by atoms with E-state index >= 15 is 0 Å². The first kappa shape index (κ1) is 19.3. The monoisotopic (exact) mass is 380 g/mol. The summed E-state index contributed by atoms with van der Waals surface area (Å²) in [5.74, 6) is 0.931. The summed E-state index contributed by atoms with van der Waals surface area (Å²) in [6, 6.07) is 8.90. The van der Waals surface area contributed by atoms with E-state index in [-0.39, 0.29) is 5.97 Å². The van der Waals surface area contributed by atoms with Crippen LogP contribution in [-0.2, 0) is 4.74 Å². The smallest absolute Gasteiger partial charge is 0.338 e. The summed E-state index contributed by atoms with van der Waals surface area (Å²) in [5.41, 5.74) is 9.69. The van der Waals surface area contributed by atoms with Crippen molar-refractivity contribution in [2.45, 2.75) is 27.7 Å². The van der Waals surface area contributed by atoms with Gasteiger partial charge in [-0.05, 0) is 50.1 Å². The maximum absolute atomic E-state index is 12.0. The van der Waals surface area contributed by atoms with Gasteiger partial charge in [0.2, 0.25) is 0 Å². The number of nitrogens with two attached hydrogens (primary N) is 1. The lowest BCUT2D eigenvalue weighted by atomic mass is 10.2. The zero-order valence-electron chi connectivity index (χ0n) is 16.4. The van der Waals surface area contributed by atoms with Crippen molar-refractivity contribution in [1.82, 2.24) is 19.7 Å². The van der Waals surface area contributed by atoms with Gasteiger partial charge in [-0.15, -0.1) is 0 Å². The first-order valence-corrected chi connectivity index (χ1v) is 9.03. The fourth-order valence-electron chi connectivity index (χ4n) is 2.65. The van der Waals surface area contributed by atoms with Crippen LogP contribution in [0.5, 0.6) is 0 Å². The van der Waals surface area contributed by atoms with Gasteiger partial charge < -0.3 is 15.8 Å². The minimum absolute atomic E-state index is 0.294. The Morgan fingerprint density at radius 2 is 1.93 bits per heavy atom. The number of rotatable bonds is 6. The van der Waals surface area contributed by atoms with Crippen LogP contribution < -0.4 is 11.1 Å². The van der Waals surface area contributed by atoms with E-state index in [9.17, 15) is 4.79 Å². The number of aryl methyl sites for hydroxylation is 2. The lowest BCUT2D eigenvalue weighted by molar-refractivity contribution is 0.0459. The first-order chi connectivity index (χ1) is 13.3. The Balaban J connectivity index is 1.78. The Kier molecular flexibility index (Phi) is 5.58. The standard InChI is InChI=1S/C20H24N6O2/c1-12(2)10-28-20(27)15-5-7-16(8-6-15)24-18-17(21)19(23-11-22-18)26-14(4)9-13(3)25-26/h5-9,11-12H,10,21H2,1-4H3,(H,22,23,24). The fourth-order valence-corrected chi connectivity index (χ4v) is 2.65. The van der Waals surface area contributed by atoms with E-state index in [0.29, 0.717) is 35.4 Å². The number of anilines is 3. The molecule has 0 saturated heterocycles. The van der Waals surface area contributed by atoms with E-state index in [2.05, 4.69) is 20.4 Å². The van der Waals surface area contributed by atoms with E-state index in [1.165, 1.54) is 6.33 Å². The molecular weight excluding hydrogens is 356 g/mol. The molecule has 0 fully saturated rings. The van der Waals surface area contributed by atoms with E-state index in [1.54, 1.807) is 28.9 Å². The number of aromatic nitrogens is 4. The highest BCUT2D eigenvalue weighted by Gasteiger charge is 2.14. The van der Waals surface area contributed by atoms with Crippen LogP contribution >= 0.6 is 0 Å². The van der Waals surface area contributed by atoms with Gasteiger partial charge in [0, 0.05) is 11.4 Å². The molecule has 146 valence electrons. The molecule has 8 nitrogen and oxygen atoms in total.